The standard InChI is InChI=1S/C16H21F3N4/c1-9-12(8-21-10(2)22-9)11-6-15-14(20-4-5-23(15)3)7-13(11)16(17,18)19/h6-10,20-22H,4-5H2,1-3H3. The van der Waals surface area contributed by atoms with Crippen molar-refractivity contribution in [3.63, 3.8) is 0 Å². The van der Waals surface area contributed by atoms with Gasteiger partial charge in [0, 0.05) is 32.4 Å². The third-order valence-electron chi connectivity index (χ3n) is 4.38. The predicted molar refractivity (Wildman–Crippen MR) is 86.4 cm³/mol. The first-order valence-electron chi connectivity index (χ1n) is 7.70. The summed E-state index contributed by atoms with van der Waals surface area (Å²) in [5.74, 6) is 0. The Kier molecular flexibility index (Phi) is 3.91. The van der Waals surface area contributed by atoms with Crippen LogP contribution < -0.4 is 20.9 Å². The monoisotopic (exact) mass is 326 g/mol. The van der Waals surface area contributed by atoms with Crippen LogP contribution >= 0.6 is 0 Å². The molecule has 7 heteroatoms. The van der Waals surface area contributed by atoms with E-state index < -0.39 is 11.7 Å². The van der Waals surface area contributed by atoms with E-state index in [9.17, 15) is 13.2 Å². The molecule has 1 aromatic rings. The van der Waals surface area contributed by atoms with E-state index in [0.29, 0.717) is 17.8 Å². The van der Waals surface area contributed by atoms with Gasteiger partial charge in [-0.2, -0.15) is 13.2 Å². The zero-order valence-electron chi connectivity index (χ0n) is 13.4. The molecule has 0 saturated carbocycles. The number of hydrogen-bond acceptors (Lipinski definition) is 4. The van der Waals surface area contributed by atoms with Gasteiger partial charge in [0.2, 0.25) is 0 Å². The number of hydrogen-bond donors (Lipinski definition) is 3. The maximum Gasteiger partial charge on any atom is 0.417 e. The van der Waals surface area contributed by atoms with E-state index >= 15 is 0 Å². The summed E-state index contributed by atoms with van der Waals surface area (Å²) < 4.78 is 40.7. The predicted octanol–water partition coefficient (Wildman–Crippen LogP) is 2.84. The summed E-state index contributed by atoms with van der Waals surface area (Å²) in [5, 5.41) is 9.34. The van der Waals surface area contributed by atoms with Crippen molar-refractivity contribution in [3.05, 3.63) is 29.5 Å². The largest absolute Gasteiger partial charge is 0.417 e. The Balaban J connectivity index is 2.16. The lowest BCUT2D eigenvalue weighted by atomic mass is 9.92. The van der Waals surface area contributed by atoms with E-state index in [1.54, 1.807) is 12.3 Å². The van der Waals surface area contributed by atoms with Crippen LogP contribution in [0.15, 0.2) is 18.3 Å². The lowest BCUT2D eigenvalue weighted by molar-refractivity contribution is -0.137. The molecule has 0 bridgehead atoms. The molecule has 4 nitrogen and oxygen atoms in total. The number of nitrogens with zero attached hydrogens (tertiary/aromatic N) is 1. The van der Waals surface area contributed by atoms with Crippen LogP contribution in [0.3, 0.4) is 0 Å². The third kappa shape index (κ3) is 2.97. The highest BCUT2D eigenvalue weighted by Gasteiger charge is 2.37. The van der Waals surface area contributed by atoms with Crippen molar-refractivity contribution in [2.24, 2.45) is 0 Å². The maximum absolute atomic E-state index is 13.6. The Morgan fingerprint density at radius 2 is 1.96 bits per heavy atom. The molecule has 3 N–H and O–H groups in total. The van der Waals surface area contributed by atoms with Crippen LogP contribution in [0.25, 0.3) is 5.57 Å². The molecule has 23 heavy (non-hydrogen) atoms. The van der Waals surface area contributed by atoms with Gasteiger partial charge in [0.15, 0.2) is 0 Å². The first-order chi connectivity index (χ1) is 10.8. The second-order valence-corrected chi connectivity index (χ2v) is 6.14. The lowest BCUT2D eigenvalue weighted by Gasteiger charge is -2.33. The molecule has 2 atom stereocenters. The van der Waals surface area contributed by atoms with Crippen LogP contribution in [0.5, 0.6) is 0 Å². The minimum absolute atomic E-state index is 0.0325. The van der Waals surface area contributed by atoms with Crippen molar-refractivity contribution < 1.29 is 13.2 Å². The van der Waals surface area contributed by atoms with Crippen LogP contribution in [0.4, 0.5) is 24.5 Å². The van der Waals surface area contributed by atoms with Gasteiger partial charge in [0.1, 0.15) is 0 Å². The molecule has 0 fully saturated rings. The van der Waals surface area contributed by atoms with Crippen molar-refractivity contribution in [1.29, 1.82) is 0 Å². The lowest BCUT2D eigenvalue weighted by Crippen LogP contribution is -2.47. The zero-order chi connectivity index (χ0) is 16.8. The van der Waals surface area contributed by atoms with Gasteiger partial charge in [-0.3, -0.25) is 5.32 Å². The molecule has 1 aromatic carbocycles. The number of fused-ring (bicyclic) bond motifs is 1. The molecule has 2 aliphatic rings. The molecule has 0 aliphatic carbocycles. The van der Waals surface area contributed by atoms with Crippen LogP contribution in [0.2, 0.25) is 0 Å². The molecule has 0 aromatic heterocycles. The van der Waals surface area contributed by atoms with Gasteiger partial charge in [0.05, 0.1) is 23.1 Å². The summed E-state index contributed by atoms with van der Waals surface area (Å²) in [6.45, 7) is 5.21. The normalized spacial score (nSPS) is 24.4. The smallest absolute Gasteiger partial charge is 0.382 e. The molecular formula is C16H21F3N4. The highest BCUT2D eigenvalue weighted by atomic mass is 19.4. The number of anilines is 2. The number of benzene rings is 1. The van der Waals surface area contributed by atoms with Crippen LogP contribution in [0, 0.1) is 0 Å². The van der Waals surface area contributed by atoms with Crippen molar-refractivity contribution in [2.45, 2.75) is 32.2 Å². The number of alkyl halides is 3. The fraction of sp³-hybridized carbons (Fsp3) is 0.500. The van der Waals surface area contributed by atoms with E-state index in [1.807, 2.05) is 25.8 Å². The molecule has 0 spiro atoms. The molecule has 3 rings (SSSR count). The van der Waals surface area contributed by atoms with Gasteiger partial charge in [-0.05, 0) is 37.1 Å². The molecule has 0 amide bonds. The Morgan fingerprint density at radius 3 is 2.61 bits per heavy atom. The van der Waals surface area contributed by atoms with Gasteiger partial charge in [-0.1, -0.05) is 0 Å². The molecule has 2 unspecified atom stereocenters. The summed E-state index contributed by atoms with van der Waals surface area (Å²) in [5.41, 5.74) is 1.58. The van der Waals surface area contributed by atoms with Crippen molar-refractivity contribution in [3.8, 4) is 0 Å². The average molecular weight is 326 g/mol. The second-order valence-electron chi connectivity index (χ2n) is 6.14. The Labute approximate surface area is 133 Å². The molecule has 2 aliphatic heterocycles. The summed E-state index contributed by atoms with van der Waals surface area (Å²) in [7, 11) is 1.90. The summed E-state index contributed by atoms with van der Waals surface area (Å²) in [6, 6.07) is 2.71. The zero-order valence-corrected chi connectivity index (χ0v) is 13.4. The SMILES string of the molecule is CC1NC=C(c2cc3c(cc2C(F)(F)F)NCCN3C)C(C)N1. The van der Waals surface area contributed by atoms with Crippen molar-refractivity contribution >= 4 is 16.9 Å². The van der Waals surface area contributed by atoms with Gasteiger partial charge in [-0.25, -0.2) is 0 Å². The first-order valence-corrected chi connectivity index (χ1v) is 7.70. The third-order valence-corrected chi connectivity index (χ3v) is 4.38. The molecule has 126 valence electrons. The van der Waals surface area contributed by atoms with Gasteiger partial charge in [-0.15, -0.1) is 0 Å². The fourth-order valence-electron chi connectivity index (χ4n) is 3.16. The van der Waals surface area contributed by atoms with E-state index in [2.05, 4.69) is 16.0 Å². The first kappa shape index (κ1) is 16.0. The Bertz CT molecular complexity index is 639. The molecular weight excluding hydrogens is 305 g/mol. The Morgan fingerprint density at radius 1 is 1.22 bits per heavy atom. The highest BCUT2D eigenvalue weighted by molar-refractivity contribution is 5.82. The van der Waals surface area contributed by atoms with Crippen LogP contribution in [-0.2, 0) is 6.18 Å². The summed E-state index contributed by atoms with van der Waals surface area (Å²) in [6.07, 6.45) is -2.67. The quantitative estimate of drug-likeness (QED) is 0.742. The summed E-state index contributed by atoms with van der Waals surface area (Å²) in [4.78, 5) is 1.98. The summed E-state index contributed by atoms with van der Waals surface area (Å²) >= 11 is 0. The molecule has 0 radical (unpaired) electrons. The number of halogens is 3. The van der Waals surface area contributed by atoms with E-state index in [-0.39, 0.29) is 17.8 Å². The second kappa shape index (κ2) is 5.63. The highest BCUT2D eigenvalue weighted by Crippen LogP contribution is 2.42. The number of nitrogens with one attached hydrogen (secondary N) is 3. The number of rotatable bonds is 1. The maximum atomic E-state index is 13.6. The van der Waals surface area contributed by atoms with Gasteiger partial charge in [0.25, 0.3) is 0 Å². The van der Waals surface area contributed by atoms with Crippen LogP contribution in [0.1, 0.15) is 25.0 Å². The fourth-order valence-corrected chi connectivity index (χ4v) is 3.16. The average Bonchev–Trinajstić information content (AvgIpc) is 2.46. The topological polar surface area (TPSA) is 39.3 Å². The Hall–Kier alpha value is -1.89. The van der Waals surface area contributed by atoms with Gasteiger partial charge >= 0.3 is 6.18 Å². The van der Waals surface area contributed by atoms with Gasteiger partial charge < -0.3 is 15.5 Å². The molecule has 0 saturated heterocycles. The van der Waals surface area contributed by atoms with E-state index in [1.165, 1.54) is 6.07 Å². The van der Waals surface area contributed by atoms with Crippen molar-refractivity contribution in [2.75, 3.05) is 30.4 Å². The van der Waals surface area contributed by atoms with Crippen LogP contribution in [-0.4, -0.2) is 32.3 Å². The number of likely N-dealkylation sites (N-methyl/N-ethyl adjacent to an activating group) is 1. The van der Waals surface area contributed by atoms with E-state index in [4.69, 9.17) is 0 Å². The minimum Gasteiger partial charge on any atom is -0.382 e. The van der Waals surface area contributed by atoms with Crippen molar-refractivity contribution in [1.82, 2.24) is 10.6 Å². The van der Waals surface area contributed by atoms with E-state index in [0.717, 1.165) is 12.2 Å². The molecule has 2 heterocycles. The minimum atomic E-state index is -4.40.